The Bertz CT molecular complexity index is 260. The topological polar surface area (TPSA) is 15.3 Å². The van der Waals surface area contributed by atoms with Crippen molar-refractivity contribution in [2.75, 3.05) is 20.1 Å². The number of nitrogens with zero attached hydrogens (tertiary/aromatic N) is 1. The van der Waals surface area contributed by atoms with Crippen molar-refractivity contribution < 1.29 is 0 Å². The van der Waals surface area contributed by atoms with Gasteiger partial charge in [-0.2, -0.15) is 0 Å². The van der Waals surface area contributed by atoms with Gasteiger partial charge in [-0.1, -0.05) is 20.8 Å². The fourth-order valence-corrected chi connectivity index (χ4v) is 3.84. The van der Waals surface area contributed by atoms with E-state index in [9.17, 15) is 0 Å². The highest BCUT2D eigenvalue weighted by atomic mass is 15.2. The van der Waals surface area contributed by atoms with E-state index in [1.165, 1.54) is 51.6 Å². The summed E-state index contributed by atoms with van der Waals surface area (Å²) in [5, 5.41) is 3.60. The van der Waals surface area contributed by atoms with Crippen molar-refractivity contribution >= 4 is 0 Å². The monoisotopic (exact) mass is 266 g/mol. The van der Waals surface area contributed by atoms with Gasteiger partial charge in [-0.3, -0.25) is 4.90 Å². The van der Waals surface area contributed by atoms with Gasteiger partial charge in [-0.05, 0) is 69.9 Å². The van der Waals surface area contributed by atoms with Crippen molar-refractivity contribution in [2.45, 2.75) is 71.4 Å². The van der Waals surface area contributed by atoms with Crippen molar-refractivity contribution in [3.05, 3.63) is 0 Å². The smallest absolute Gasteiger partial charge is 0.0252 e. The highest BCUT2D eigenvalue weighted by molar-refractivity contribution is 4.93. The molecule has 0 aromatic carbocycles. The molecule has 2 aliphatic carbocycles. The van der Waals surface area contributed by atoms with Crippen LogP contribution in [0.2, 0.25) is 0 Å². The average Bonchev–Trinajstić information content (AvgIpc) is 3.21. The van der Waals surface area contributed by atoms with Crippen LogP contribution in [0.4, 0.5) is 0 Å². The van der Waals surface area contributed by atoms with E-state index in [4.69, 9.17) is 0 Å². The molecule has 2 nitrogen and oxygen atoms in total. The number of rotatable bonds is 7. The lowest BCUT2D eigenvalue weighted by molar-refractivity contribution is 0.0817. The summed E-state index contributed by atoms with van der Waals surface area (Å²) in [5.74, 6) is 2.81. The van der Waals surface area contributed by atoms with Gasteiger partial charge in [0, 0.05) is 18.6 Å². The van der Waals surface area contributed by atoms with E-state index in [-0.39, 0.29) is 0 Å². The zero-order valence-electron chi connectivity index (χ0n) is 13.5. The van der Waals surface area contributed by atoms with E-state index in [0.29, 0.717) is 0 Å². The standard InChI is InChI=1S/C17H34N2/c1-5-10-19(12-14-6-7-14)17-11-15(13(2)3)8-9-16(17)18-4/h13-18H,5-12H2,1-4H3. The Morgan fingerprint density at radius 3 is 2.42 bits per heavy atom. The first-order valence-corrected chi connectivity index (χ1v) is 8.57. The molecule has 0 bridgehead atoms. The molecule has 0 spiro atoms. The maximum absolute atomic E-state index is 3.60. The first-order valence-electron chi connectivity index (χ1n) is 8.57. The van der Waals surface area contributed by atoms with E-state index >= 15 is 0 Å². The van der Waals surface area contributed by atoms with Gasteiger partial charge in [0.25, 0.3) is 0 Å². The Balaban J connectivity index is 2.00. The third kappa shape index (κ3) is 4.19. The molecule has 1 N–H and O–H groups in total. The fraction of sp³-hybridized carbons (Fsp3) is 1.00. The molecule has 2 heteroatoms. The van der Waals surface area contributed by atoms with E-state index < -0.39 is 0 Å². The largest absolute Gasteiger partial charge is 0.315 e. The lowest BCUT2D eigenvalue weighted by Gasteiger charge is -2.44. The second kappa shape index (κ2) is 7.08. The highest BCUT2D eigenvalue weighted by Crippen LogP contribution is 2.36. The van der Waals surface area contributed by atoms with Gasteiger partial charge in [0.15, 0.2) is 0 Å². The molecule has 0 radical (unpaired) electrons. The summed E-state index contributed by atoms with van der Waals surface area (Å²) in [6.45, 7) is 9.81. The molecule has 0 saturated heterocycles. The molecule has 2 saturated carbocycles. The summed E-state index contributed by atoms with van der Waals surface area (Å²) in [7, 11) is 2.16. The van der Waals surface area contributed by atoms with Crippen LogP contribution in [-0.4, -0.2) is 37.1 Å². The minimum Gasteiger partial charge on any atom is -0.315 e. The summed E-state index contributed by atoms with van der Waals surface area (Å²) in [6.07, 6.45) is 8.45. The van der Waals surface area contributed by atoms with Gasteiger partial charge in [0.05, 0.1) is 0 Å². The molecule has 2 aliphatic rings. The zero-order valence-corrected chi connectivity index (χ0v) is 13.5. The Labute approximate surface area is 120 Å². The molecule has 112 valence electrons. The molecular formula is C17H34N2. The van der Waals surface area contributed by atoms with Gasteiger partial charge in [-0.25, -0.2) is 0 Å². The summed E-state index contributed by atoms with van der Waals surface area (Å²) in [4.78, 5) is 2.83. The Hall–Kier alpha value is -0.0800. The minimum absolute atomic E-state index is 0.722. The molecule has 19 heavy (non-hydrogen) atoms. The first kappa shape index (κ1) is 15.3. The van der Waals surface area contributed by atoms with E-state index in [0.717, 1.165) is 29.8 Å². The van der Waals surface area contributed by atoms with Gasteiger partial charge >= 0.3 is 0 Å². The summed E-state index contributed by atoms with van der Waals surface area (Å²) in [6, 6.07) is 1.51. The normalized spacial score (nSPS) is 32.2. The van der Waals surface area contributed by atoms with Crippen molar-refractivity contribution in [1.82, 2.24) is 10.2 Å². The van der Waals surface area contributed by atoms with E-state index in [1.54, 1.807) is 0 Å². The van der Waals surface area contributed by atoms with Gasteiger partial charge in [0.2, 0.25) is 0 Å². The molecule has 3 unspecified atom stereocenters. The lowest BCUT2D eigenvalue weighted by Crippen LogP contribution is -2.53. The van der Waals surface area contributed by atoms with Crippen LogP contribution in [0.1, 0.15) is 59.3 Å². The van der Waals surface area contributed by atoms with Gasteiger partial charge in [-0.15, -0.1) is 0 Å². The molecule has 2 rings (SSSR count). The van der Waals surface area contributed by atoms with Gasteiger partial charge in [0.1, 0.15) is 0 Å². The molecule has 0 aromatic heterocycles. The fourth-order valence-electron chi connectivity index (χ4n) is 3.84. The predicted molar refractivity (Wildman–Crippen MR) is 83.4 cm³/mol. The van der Waals surface area contributed by atoms with Crippen molar-refractivity contribution in [1.29, 1.82) is 0 Å². The van der Waals surface area contributed by atoms with Crippen LogP contribution in [0.5, 0.6) is 0 Å². The number of hydrogen-bond acceptors (Lipinski definition) is 2. The predicted octanol–water partition coefficient (Wildman–Crippen LogP) is 3.52. The number of nitrogens with one attached hydrogen (secondary N) is 1. The van der Waals surface area contributed by atoms with E-state index in [1.807, 2.05) is 0 Å². The van der Waals surface area contributed by atoms with Crippen LogP contribution in [0.3, 0.4) is 0 Å². The number of hydrogen-bond donors (Lipinski definition) is 1. The second-order valence-corrected chi connectivity index (χ2v) is 7.22. The second-order valence-electron chi connectivity index (χ2n) is 7.22. The molecule has 3 atom stereocenters. The molecule has 0 heterocycles. The van der Waals surface area contributed by atoms with Crippen LogP contribution in [0.25, 0.3) is 0 Å². The Kier molecular flexibility index (Phi) is 5.70. The van der Waals surface area contributed by atoms with Crippen LogP contribution in [-0.2, 0) is 0 Å². The SMILES string of the molecule is CCCN(CC1CC1)C1CC(C(C)C)CCC1NC. The van der Waals surface area contributed by atoms with Crippen molar-refractivity contribution in [3.63, 3.8) is 0 Å². The van der Waals surface area contributed by atoms with Crippen LogP contribution >= 0.6 is 0 Å². The third-order valence-electron chi connectivity index (χ3n) is 5.34. The van der Waals surface area contributed by atoms with Gasteiger partial charge < -0.3 is 5.32 Å². The van der Waals surface area contributed by atoms with Crippen molar-refractivity contribution in [3.8, 4) is 0 Å². The zero-order chi connectivity index (χ0) is 13.8. The van der Waals surface area contributed by atoms with Crippen LogP contribution in [0, 0.1) is 17.8 Å². The minimum atomic E-state index is 0.722. The molecule has 2 fully saturated rings. The molecule has 0 amide bonds. The Morgan fingerprint density at radius 2 is 1.89 bits per heavy atom. The van der Waals surface area contributed by atoms with Crippen LogP contribution in [0.15, 0.2) is 0 Å². The molecule has 0 aromatic rings. The first-order chi connectivity index (χ1) is 9.15. The average molecular weight is 266 g/mol. The maximum atomic E-state index is 3.60. The van der Waals surface area contributed by atoms with Crippen LogP contribution < -0.4 is 5.32 Å². The summed E-state index contributed by atoms with van der Waals surface area (Å²) >= 11 is 0. The summed E-state index contributed by atoms with van der Waals surface area (Å²) < 4.78 is 0. The molecule has 0 aliphatic heterocycles. The quantitative estimate of drug-likeness (QED) is 0.758. The highest BCUT2D eigenvalue weighted by Gasteiger charge is 2.36. The maximum Gasteiger partial charge on any atom is 0.0252 e. The Morgan fingerprint density at radius 1 is 1.16 bits per heavy atom. The van der Waals surface area contributed by atoms with E-state index in [2.05, 4.69) is 38.0 Å². The molecular weight excluding hydrogens is 232 g/mol. The number of likely N-dealkylation sites (N-methyl/N-ethyl adjacent to an activating group) is 1. The lowest BCUT2D eigenvalue weighted by atomic mass is 9.76. The third-order valence-corrected chi connectivity index (χ3v) is 5.34. The van der Waals surface area contributed by atoms with Crippen molar-refractivity contribution in [2.24, 2.45) is 17.8 Å². The summed E-state index contributed by atoms with van der Waals surface area (Å²) in [5.41, 5.74) is 0.